The molecule has 2 heterocycles. The van der Waals surface area contributed by atoms with Crippen LogP contribution in [0.15, 0.2) is 33.8 Å². The predicted octanol–water partition coefficient (Wildman–Crippen LogP) is 6.66. The van der Waals surface area contributed by atoms with E-state index in [1.807, 2.05) is 57.6 Å². The molecule has 0 aromatic carbocycles. The lowest BCUT2D eigenvalue weighted by molar-refractivity contribution is -0.126. The number of ether oxygens (including phenoxy) is 1. The Kier molecular flexibility index (Phi) is 21.6. The van der Waals surface area contributed by atoms with Gasteiger partial charge in [0.05, 0.1) is 12.1 Å². The van der Waals surface area contributed by atoms with Crippen LogP contribution in [-0.2, 0) is 16.0 Å². The molecule has 38 heavy (non-hydrogen) atoms. The van der Waals surface area contributed by atoms with Gasteiger partial charge in [0.25, 0.3) is 6.47 Å². The van der Waals surface area contributed by atoms with Gasteiger partial charge < -0.3 is 19.6 Å². The first-order chi connectivity index (χ1) is 18.0. The van der Waals surface area contributed by atoms with Gasteiger partial charge in [-0.15, -0.1) is 11.3 Å². The first kappa shape index (κ1) is 37.2. The molecule has 0 aliphatic carbocycles. The molecule has 0 amide bonds. The van der Waals surface area contributed by atoms with Crippen molar-refractivity contribution in [2.75, 3.05) is 14.2 Å². The number of aromatic hydroxyl groups is 1. The van der Waals surface area contributed by atoms with Gasteiger partial charge in [-0.25, -0.2) is 9.78 Å². The van der Waals surface area contributed by atoms with Gasteiger partial charge in [-0.3, -0.25) is 9.59 Å². The number of hydrogen-bond acceptors (Lipinski definition) is 9. The van der Waals surface area contributed by atoms with E-state index in [2.05, 4.69) is 35.8 Å². The maximum atomic E-state index is 11.9. The molecule has 0 spiro atoms. The molecule has 2 aromatic rings. The Bertz CT molecular complexity index is 995. The van der Waals surface area contributed by atoms with Gasteiger partial charge in [0.1, 0.15) is 17.1 Å². The number of aryl methyl sites for hydroxylation is 2. The molecule has 9 heteroatoms. The van der Waals surface area contributed by atoms with Gasteiger partial charge >= 0.3 is 5.63 Å². The predicted molar refractivity (Wildman–Crippen MR) is 156 cm³/mol. The third-order valence-electron chi connectivity index (χ3n) is 4.96. The summed E-state index contributed by atoms with van der Waals surface area (Å²) in [5, 5.41) is 14.1. The summed E-state index contributed by atoms with van der Waals surface area (Å²) in [7, 11) is 3.13. The topological polar surface area (TPSA) is 119 Å². The Labute approximate surface area is 232 Å². The van der Waals surface area contributed by atoms with Gasteiger partial charge in [-0.2, -0.15) is 0 Å². The van der Waals surface area contributed by atoms with Crippen molar-refractivity contribution < 1.29 is 23.8 Å². The number of nitrogens with one attached hydrogen (secondary N) is 1. The van der Waals surface area contributed by atoms with E-state index in [0.717, 1.165) is 25.2 Å². The van der Waals surface area contributed by atoms with E-state index in [-0.39, 0.29) is 23.1 Å². The van der Waals surface area contributed by atoms with Crippen LogP contribution >= 0.6 is 11.3 Å². The fraction of sp³-hybridized carbons (Fsp3) is 0.586. The third-order valence-corrected chi connectivity index (χ3v) is 5.93. The quantitative estimate of drug-likeness (QED) is 0.235. The van der Waals surface area contributed by atoms with Crippen LogP contribution in [0.2, 0.25) is 0 Å². The van der Waals surface area contributed by atoms with Crippen LogP contribution in [0.5, 0.6) is 5.75 Å². The zero-order valence-electron chi connectivity index (χ0n) is 24.8. The summed E-state index contributed by atoms with van der Waals surface area (Å²) >= 11 is 1.82. The number of aromatic nitrogens is 1. The fourth-order valence-corrected chi connectivity index (χ4v) is 3.68. The maximum absolute atomic E-state index is 11.9. The van der Waals surface area contributed by atoms with Crippen molar-refractivity contribution in [3.05, 3.63) is 56.2 Å². The zero-order chi connectivity index (χ0) is 29.7. The minimum absolute atomic E-state index is 0.0201. The summed E-state index contributed by atoms with van der Waals surface area (Å²) in [6.07, 6.45) is 9.77. The van der Waals surface area contributed by atoms with Crippen molar-refractivity contribution in [2.24, 2.45) is 11.8 Å². The lowest BCUT2D eigenvalue weighted by Gasteiger charge is -2.11. The highest BCUT2D eigenvalue weighted by Crippen LogP contribution is 2.25. The smallest absolute Gasteiger partial charge is 0.350 e. The molecule has 0 saturated heterocycles. The Hall–Kier alpha value is -2.94. The highest BCUT2D eigenvalue weighted by atomic mass is 32.1. The molecule has 0 radical (unpaired) electrons. The molecule has 1 unspecified atom stereocenters. The van der Waals surface area contributed by atoms with Gasteiger partial charge in [0.2, 0.25) is 0 Å². The van der Waals surface area contributed by atoms with E-state index in [1.165, 1.54) is 29.5 Å². The summed E-state index contributed by atoms with van der Waals surface area (Å²) in [5.74, 6) is 0.104. The maximum Gasteiger partial charge on any atom is 0.350 e. The van der Waals surface area contributed by atoms with Gasteiger partial charge in [-0.1, -0.05) is 54.5 Å². The first-order valence-electron chi connectivity index (χ1n) is 13.1. The Balaban J connectivity index is 0. The lowest BCUT2D eigenvalue weighted by atomic mass is 9.99. The Morgan fingerprint density at radius 1 is 1.21 bits per heavy atom. The number of rotatable bonds is 11. The first-order valence-corrected chi connectivity index (χ1v) is 13.9. The molecule has 0 fully saturated rings. The minimum atomic E-state index is -0.763. The molecular formula is C29H48N2O6S. The van der Waals surface area contributed by atoms with Crippen LogP contribution in [0.25, 0.3) is 0 Å². The highest BCUT2D eigenvalue weighted by molar-refractivity contribution is 7.11. The highest BCUT2D eigenvalue weighted by Gasteiger charge is 2.22. The summed E-state index contributed by atoms with van der Waals surface area (Å²) in [5.41, 5.74) is -1.02. The molecule has 0 aliphatic heterocycles. The lowest BCUT2D eigenvalue weighted by Crippen LogP contribution is -2.19. The third kappa shape index (κ3) is 16.0. The minimum Gasteiger partial charge on any atom is -0.507 e. The molecule has 2 aromatic heterocycles. The number of carbonyl (C=O) groups is 2. The zero-order valence-corrected chi connectivity index (χ0v) is 25.6. The standard InChI is InChI=1S/C16H23NO4.C9H15NS.C2H4O2.C2H6/c1-10(2)15(19)14-12(18)9-13(21-16(14)20)11(3)7-5-6-8-17-4;1-7(2)4-5-9-10-6-8(3)11-9;1-4-2-3;1-2/h6,8-11,17-18H,5,7H2,1-4H3;6-7H,4-5H2,1-3H3;2H,1H3;1-2H3/b8-6+;;;. The molecular weight excluding hydrogens is 504 g/mol. The molecule has 2 N–H and O–H groups in total. The monoisotopic (exact) mass is 552 g/mol. The molecule has 216 valence electrons. The Morgan fingerprint density at radius 2 is 1.82 bits per heavy atom. The van der Waals surface area contributed by atoms with E-state index >= 15 is 0 Å². The van der Waals surface area contributed by atoms with Crippen LogP contribution < -0.4 is 10.9 Å². The number of thiazole rings is 1. The molecule has 8 nitrogen and oxygen atoms in total. The molecule has 0 bridgehead atoms. The number of nitrogens with zero attached hydrogens (tertiary/aromatic N) is 1. The molecule has 0 saturated carbocycles. The van der Waals surface area contributed by atoms with E-state index in [4.69, 9.17) is 9.21 Å². The number of methoxy groups -OCH3 is 1. The summed E-state index contributed by atoms with van der Waals surface area (Å²) in [6.45, 7) is 16.2. The van der Waals surface area contributed by atoms with Crippen LogP contribution in [0.1, 0.15) is 99.6 Å². The average Bonchev–Trinajstić information content (AvgIpc) is 3.31. The summed E-state index contributed by atoms with van der Waals surface area (Å²) < 4.78 is 9.06. The molecule has 2 rings (SSSR count). The van der Waals surface area contributed by atoms with Gasteiger partial charge in [0, 0.05) is 36.0 Å². The number of carbonyl (C=O) groups excluding carboxylic acids is 2. The second-order valence-corrected chi connectivity index (χ2v) is 10.3. The van der Waals surface area contributed by atoms with Crippen molar-refractivity contribution in [2.45, 2.75) is 87.0 Å². The van der Waals surface area contributed by atoms with Crippen LogP contribution in [-0.4, -0.2) is 36.5 Å². The summed E-state index contributed by atoms with van der Waals surface area (Å²) in [6, 6.07) is 1.38. The average molecular weight is 553 g/mol. The number of ketones is 1. The number of hydrogen-bond donors (Lipinski definition) is 2. The number of allylic oxidation sites excluding steroid dienone is 1. The van der Waals surface area contributed by atoms with Crippen molar-refractivity contribution >= 4 is 23.6 Å². The van der Waals surface area contributed by atoms with Crippen LogP contribution in [0.3, 0.4) is 0 Å². The van der Waals surface area contributed by atoms with Gasteiger partial charge in [-0.05, 0) is 44.7 Å². The summed E-state index contributed by atoms with van der Waals surface area (Å²) in [4.78, 5) is 38.4. The largest absolute Gasteiger partial charge is 0.507 e. The van der Waals surface area contributed by atoms with Crippen LogP contribution in [0, 0.1) is 18.8 Å². The van der Waals surface area contributed by atoms with E-state index in [0.29, 0.717) is 12.2 Å². The Morgan fingerprint density at radius 3 is 2.24 bits per heavy atom. The SMILES string of the molecule is CC.CN/C=C/CCC(C)c1cc(O)c(C(=O)C(C)C)c(=O)o1.COC=O.Cc1cnc(CCC(C)C)s1. The van der Waals surface area contributed by atoms with Crippen molar-refractivity contribution in [3.8, 4) is 5.75 Å². The van der Waals surface area contributed by atoms with Crippen molar-refractivity contribution in [1.82, 2.24) is 10.3 Å². The fourth-order valence-electron chi connectivity index (χ4n) is 2.88. The van der Waals surface area contributed by atoms with E-state index < -0.39 is 11.4 Å². The van der Waals surface area contributed by atoms with Gasteiger partial charge in [0.15, 0.2) is 5.78 Å². The second kappa shape index (κ2) is 22.1. The van der Waals surface area contributed by atoms with E-state index in [1.54, 1.807) is 13.8 Å². The normalized spacial score (nSPS) is 10.9. The van der Waals surface area contributed by atoms with Crippen molar-refractivity contribution in [3.63, 3.8) is 0 Å². The number of Topliss-reactive ketones (excluding diaryl/α,β-unsaturated/α-hetero) is 1. The second-order valence-electron chi connectivity index (χ2n) is 9.01. The van der Waals surface area contributed by atoms with E-state index in [9.17, 15) is 14.7 Å². The molecule has 0 aliphatic rings. The molecule has 1 atom stereocenters. The van der Waals surface area contributed by atoms with Crippen LogP contribution in [0.4, 0.5) is 0 Å². The van der Waals surface area contributed by atoms with Crippen molar-refractivity contribution in [1.29, 1.82) is 0 Å².